The van der Waals surface area contributed by atoms with Gasteiger partial charge in [-0.15, -0.1) is 5.10 Å². The lowest BCUT2D eigenvalue weighted by Gasteiger charge is -2.17. The summed E-state index contributed by atoms with van der Waals surface area (Å²) in [7, 11) is 0. The van der Waals surface area contributed by atoms with E-state index >= 15 is 0 Å². The largest absolute Gasteiger partial charge is 0.476 e. The quantitative estimate of drug-likeness (QED) is 0.856. The van der Waals surface area contributed by atoms with Crippen molar-refractivity contribution in [3.8, 4) is 0 Å². The van der Waals surface area contributed by atoms with Crippen LogP contribution in [0.15, 0.2) is 24.4 Å². The molecule has 1 N–H and O–H groups in total. The molecule has 0 fully saturated rings. The Morgan fingerprint density at radius 3 is 3.00 bits per heavy atom. The molecule has 18 heavy (non-hydrogen) atoms. The molecular formula is C11H9FN4O2. The van der Waals surface area contributed by atoms with Gasteiger partial charge in [0, 0.05) is 12.1 Å². The first-order valence-electron chi connectivity index (χ1n) is 5.37. The molecule has 92 valence electrons. The number of anilines is 1. The maximum Gasteiger partial charge on any atom is 0.358 e. The van der Waals surface area contributed by atoms with Gasteiger partial charge in [0.15, 0.2) is 5.69 Å². The monoisotopic (exact) mass is 248 g/mol. The fourth-order valence-electron chi connectivity index (χ4n) is 2.06. The van der Waals surface area contributed by atoms with Crippen molar-refractivity contribution >= 4 is 11.7 Å². The Labute approximate surface area is 101 Å². The Morgan fingerprint density at radius 2 is 2.28 bits per heavy atom. The Hall–Kier alpha value is -2.44. The number of halogens is 1. The fourth-order valence-corrected chi connectivity index (χ4v) is 2.06. The van der Waals surface area contributed by atoms with Gasteiger partial charge >= 0.3 is 5.97 Å². The summed E-state index contributed by atoms with van der Waals surface area (Å²) < 4.78 is 13.5. The van der Waals surface area contributed by atoms with Crippen molar-refractivity contribution in [2.45, 2.75) is 6.42 Å². The lowest BCUT2D eigenvalue weighted by atomic mass is 10.1. The first kappa shape index (κ1) is 10.7. The van der Waals surface area contributed by atoms with Gasteiger partial charge in [0.2, 0.25) is 0 Å². The first-order valence-corrected chi connectivity index (χ1v) is 5.37. The molecule has 0 atom stereocenters. The Balaban J connectivity index is 2.01. The summed E-state index contributed by atoms with van der Waals surface area (Å²) in [5.74, 6) is -1.39. The summed E-state index contributed by atoms with van der Waals surface area (Å²) >= 11 is 0. The van der Waals surface area contributed by atoms with Crippen LogP contribution < -0.4 is 5.01 Å². The van der Waals surface area contributed by atoms with Gasteiger partial charge in [-0.25, -0.2) is 9.18 Å². The van der Waals surface area contributed by atoms with Crippen molar-refractivity contribution in [2.24, 2.45) is 0 Å². The maximum absolute atomic E-state index is 13.5. The number of carboxylic acids is 1. The third kappa shape index (κ3) is 1.52. The number of benzene rings is 1. The van der Waals surface area contributed by atoms with E-state index in [1.165, 1.54) is 17.1 Å². The van der Waals surface area contributed by atoms with E-state index in [2.05, 4.69) is 10.3 Å². The van der Waals surface area contributed by atoms with E-state index in [4.69, 9.17) is 5.11 Å². The van der Waals surface area contributed by atoms with Crippen LogP contribution in [0.1, 0.15) is 16.1 Å². The molecule has 0 unspecified atom stereocenters. The molecule has 0 saturated carbocycles. The highest BCUT2D eigenvalue weighted by atomic mass is 19.1. The highest BCUT2D eigenvalue weighted by Gasteiger charge is 2.24. The lowest BCUT2D eigenvalue weighted by molar-refractivity contribution is 0.0690. The zero-order chi connectivity index (χ0) is 12.7. The number of hydrogen-bond donors (Lipinski definition) is 1. The summed E-state index contributed by atoms with van der Waals surface area (Å²) in [6.07, 6.45) is 1.87. The second-order valence-electron chi connectivity index (χ2n) is 3.94. The van der Waals surface area contributed by atoms with E-state index < -0.39 is 5.97 Å². The van der Waals surface area contributed by atoms with Gasteiger partial charge in [-0.1, -0.05) is 6.07 Å². The molecule has 6 nitrogen and oxygen atoms in total. The lowest BCUT2D eigenvalue weighted by Crippen LogP contribution is -2.28. The van der Waals surface area contributed by atoms with Gasteiger partial charge in [-0.3, -0.25) is 5.01 Å². The highest BCUT2D eigenvalue weighted by molar-refractivity contribution is 5.84. The Bertz CT molecular complexity index is 625. The normalized spacial score (nSPS) is 13.7. The van der Waals surface area contributed by atoms with Crippen LogP contribution in [0, 0.1) is 5.82 Å². The SMILES string of the molecule is O=C(O)c1cn(N2CCc3c(F)cccc32)nn1. The van der Waals surface area contributed by atoms with Crippen LogP contribution in [0.4, 0.5) is 10.1 Å². The van der Waals surface area contributed by atoms with E-state index in [1.807, 2.05) is 0 Å². The first-order chi connectivity index (χ1) is 8.66. The molecule has 0 spiro atoms. The van der Waals surface area contributed by atoms with Crippen LogP contribution >= 0.6 is 0 Å². The molecule has 1 aromatic heterocycles. The standard InChI is InChI=1S/C11H9FN4O2/c12-8-2-1-3-10-7(8)4-5-15(10)16-6-9(11(17)18)13-14-16/h1-3,6H,4-5H2,(H,17,18). The van der Waals surface area contributed by atoms with Gasteiger partial charge in [-0.2, -0.15) is 4.79 Å². The Morgan fingerprint density at radius 1 is 1.44 bits per heavy atom. The number of carbonyl (C=O) groups is 1. The van der Waals surface area contributed by atoms with E-state index in [9.17, 15) is 9.18 Å². The van der Waals surface area contributed by atoms with Crippen molar-refractivity contribution in [3.63, 3.8) is 0 Å². The average molecular weight is 248 g/mol. The van der Waals surface area contributed by atoms with Crippen LogP contribution in [-0.4, -0.2) is 32.7 Å². The number of aromatic carboxylic acids is 1. The molecule has 0 bridgehead atoms. The highest BCUT2D eigenvalue weighted by Crippen LogP contribution is 2.29. The van der Waals surface area contributed by atoms with E-state index in [0.717, 1.165) is 0 Å². The van der Waals surface area contributed by atoms with Crippen molar-refractivity contribution < 1.29 is 14.3 Å². The smallest absolute Gasteiger partial charge is 0.358 e. The second-order valence-corrected chi connectivity index (χ2v) is 3.94. The molecule has 0 aliphatic carbocycles. The number of hydrogen-bond acceptors (Lipinski definition) is 4. The third-order valence-corrected chi connectivity index (χ3v) is 2.89. The van der Waals surface area contributed by atoms with Crippen molar-refractivity contribution in [3.05, 3.63) is 41.5 Å². The summed E-state index contributed by atoms with van der Waals surface area (Å²) in [4.78, 5) is 12.1. The molecule has 2 aromatic rings. The van der Waals surface area contributed by atoms with E-state index in [-0.39, 0.29) is 11.5 Å². The molecule has 3 rings (SSSR count). The summed E-state index contributed by atoms with van der Waals surface area (Å²) in [6.45, 7) is 0.540. The molecule has 2 heterocycles. The van der Waals surface area contributed by atoms with Crippen LogP contribution in [0.2, 0.25) is 0 Å². The summed E-state index contributed by atoms with van der Waals surface area (Å²) in [6, 6.07) is 4.79. The number of fused-ring (bicyclic) bond motifs is 1. The second kappa shape index (κ2) is 3.80. The molecular weight excluding hydrogens is 239 g/mol. The van der Waals surface area contributed by atoms with Crippen molar-refractivity contribution in [1.29, 1.82) is 0 Å². The van der Waals surface area contributed by atoms with E-state index in [0.29, 0.717) is 24.2 Å². The van der Waals surface area contributed by atoms with Gasteiger partial charge in [0.25, 0.3) is 0 Å². The van der Waals surface area contributed by atoms with E-state index in [1.54, 1.807) is 17.1 Å². The van der Waals surface area contributed by atoms with Gasteiger partial charge in [0.05, 0.1) is 11.9 Å². The van der Waals surface area contributed by atoms with Gasteiger partial charge < -0.3 is 5.11 Å². The maximum atomic E-state index is 13.5. The fraction of sp³-hybridized carbons (Fsp3) is 0.182. The van der Waals surface area contributed by atoms with Crippen LogP contribution in [-0.2, 0) is 6.42 Å². The number of aromatic nitrogens is 3. The molecule has 1 aliphatic heterocycles. The molecule has 1 aromatic carbocycles. The number of carboxylic acid groups (broad SMARTS) is 1. The Kier molecular flexibility index (Phi) is 2.26. The number of rotatable bonds is 2. The molecule has 1 aliphatic rings. The molecule has 7 heteroatoms. The predicted molar refractivity (Wildman–Crippen MR) is 59.8 cm³/mol. The van der Waals surface area contributed by atoms with Crippen LogP contribution in [0.5, 0.6) is 0 Å². The molecule has 0 radical (unpaired) electrons. The van der Waals surface area contributed by atoms with Crippen molar-refractivity contribution in [1.82, 2.24) is 15.1 Å². The predicted octanol–water partition coefficient (Wildman–Crippen LogP) is 0.941. The van der Waals surface area contributed by atoms with Crippen molar-refractivity contribution in [2.75, 3.05) is 11.6 Å². The number of nitrogens with zero attached hydrogens (tertiary/aromatic N) is 4. The van der Waals surface area contributed by atoms with Gasteiger partial charge in [0.1, 0.15) is 5.82 Å². The average Bonchev–Trinajstić information content (AvgIpc) is 2.94. The summed E-state index contributed by atoms with van der Waals surface area (Å²) in [5.41, 5.74) is 1.17. The molecule has 0 amide bonds. The minimum Gasteiger partial charge on any atom is -0.476 e. The van der Waals surface area contributed by atoms with Gasteiger partial charge in [-0.05, 0) is 23.8 Å². The molecule has 0 saturated heterocycles. The third-order valence-electron chi connectivity index (χ3n) is 2.89. The zero-order valence-electron chi connectivity index (χ0n) is 9.25. The van der Waals surface area contributed by atoms with Crippen LogP contribution in [0.3, 0.4) is 0 Å². The minimum absolute atomic E-state index is 0.139. The summed E-state index contributed by atoms with van der Waals surface area (Å²) in [5, 5.41) is 17.7. The topological polar surface area (TPSA) is 71.2 Å². The van der Waals surface area contributed by atoms with Crippen LogP contribution in [0.25, 0.3) is 0 Å². The minimum atomic E-state index is -1.14. The zero-order valence-corrected chi connectivity index (χ0v) is 9.25.